The van der Waals surface area contributed by atoms with Gasteiger partial charge in [-0.15, -0.1) is 0 Å². The zero-order valence-corrected chi connectivity index (χ0v) is 19.5. The van der Waals surface area contributed by atoms with Gasteiger partial charge < -0.3 is 14.7 Å². The first-order valence-electron chi connectivity index (χ1n) is 10.9. The highest BCUT2D eigenvalue weighted by molar-refractivity contribution is 7.91. The van der Waals surface area contributed by atoms with Crippen LogP contribution >= 0.6 is 0 Å². The van der Waals surface area contributed by atoms with Crippen molar-refractivity contribution in [1.29, 1.82) is 0 Å². The number of benzene rings is 1. The van der Waals surface area contributed by atoms with Gasteiger partial charge in [-0.25, -0.2) is 13.2 Å². The van der Waals surface area contributed by atoms with Crippen LogP contribution in [0.1, 0.15) is 45.1 Å². The van der Waals surface area contributed by atoms with Crippen molar-refractivity contribution in [2.24, 2.45) is 0 Å². The lowest BCUT2D eigenvalue weighted by Gasteiger charge is -2.25. The number of urea groups is 1. The first-order chi connectivity index (χ1) is 15.0. The van der Waals surface area contributed by atoms with Crippen molar-refractivity contribution in [3.8, 4) is 5.75 Å². The Bertz CT molecular complexity index is 976. The predicted octanol–water partition coefficient (Wildman–Crippen LogP) is 2.17. The number of allylic oxidation sites excluding steroid dienone is 1. The Labute approximate surface area is 189 Å². The number of hydrogen-bond acceptors (Lipinski definition) is 6. The number of rotatable bonds is 11. The number of carbonyl (C=O) groups is 2. The number of hydrogen-bond donors (Lipinski definition) is 2. The lowest BCUT2D eigenvalue weighted by molar-refractivity contribution is -0.121. The summed E-state index contributed by atoms with van der Waals surface area (Å²) in [6, 6.07) is 7.07. The summed E-state index contributed by atoms with van der Waals surface area (Å²) in [7, 11) is -3.27. The SMILES string of the molecule is CC(C)(O)COc1cccc(C2(CS(=O)(=O)CC/C=C/CN3CCC(=O)NC3=O)CC2)c1. The van der Waals surface area contributed by atoms with Gasteiger partial charge in [0, 0.05) is 24.9 Å². The molecule has 3 amide bonds. The van der Waals surface area contributed by atoms with Crippen molar-refractivity contribution in [3.63, 3.8) is 0 Å². The van der Waals surface area contributed by atoms with Gasteiger partial charge in [-0.1, -0.05) is 24.3 Å². The van der Waals surface area contributed by atoms with Gasteiger partial charge in [0.25, 0.3) is 0 Å². The molecule has 2 N–H and O–H groups in total. The van der Waals surface area contributed by atoms with Crippen molar-refractivity contribution < 1.29 is 27.9 Å². The Kier molecular flexibility index (Phi) is 7.29. The first-order valence-corrected chi connectivity index (χ1v) is 12.7. The van der Waals surface area contributed by atoms with E-state index in [4.69, 9.17) is 4.74 Å². The molecular weight excluding hydrogens is 432 g/mol. The van der Waals surface area contributed by atoms with Gasteiger partial charge in [-0.2, -0.15) is 0 Å². The van der Waals surface area contributed by atoms with Crippen molar-refractivity contribution in [2.75, 3.05) is 31.2 Å². The van der Waals surface area contributed by atoms with Gasteiger partial charge in [-0.05, 0) is 50.8 Å². The standard InChI is InChI=1S/C23H32N2O6S/c1-22(2,28)16-31-19-8-6-7-18(15-19)23(10-11-23)17-32(29,30)14-5-3-4-12-25-13-9-20(26)24-21(25)27/h3-4,6-8,15,28H,5,9-14,16-17H2,1-2H3,(H,24,26,27)/b4-3+. The normalized spacial score (nSPS) is 18.7. The monoisotopic (exact) mass is 464 g/mol. The molecule has 2 aliphatic rings. The molecule has 0 unspecified atom stereocenters. The molecule has 2 fully saturated rings. The molecular formula is C23H32N2O6S. The number of aliphatic hydroxyl groups is 1. The van der Waals surface area contributed by atoms with Gasteiger partial charge in [-0.3, -0.25) is 10.1 Å². The van der Waals surface area contributed by atoms with Crippen LogP contribution in [0, 0.1) is 0 Å². The summed E-state index contributed by atoms with van der Waals surface area (Å²) in [5, 5.41) is 12.1. The molecule has 8 nitrogen and oxygen atoms in total. The molecule has 1 aliphatic carbocycles. The van der Waals surface area contributed by atoms with Crippen LogP contribution in [0.5, 0.6) is 5.75 Å². The lowest BCUT2D eigenvalue weighted by atomic mass is 9.98. The van der Waals surface area contributed by atoms with Gasteiger partial charge in [0.15, 0.2) is 9.84 Å². The predicted molar refractivity (Wildman–Crippen MR) is 121 cm³/mol. The number of ether oxygens (including phenoxy) is 1. The molecule has 0 aromatic heterocycles. The third-order valence-electron chi connectivity index (χ3n) is 5.62. The van der Waals surface area contributed by atoms with Crippen LogP contribution in [-0.2, 0) is 20.0 Å². The third kappa shape index (κ3) is 7.06. The number of nitrogens with zero attached hydrogens (tertiary/aromatic N) is 1. The van der Waals surface area contributed by atoms with Crippen LogP contribution in [-0.4, -0.2) is 67.2 Å². The number of amides is 3. The fraction of sp³-hybridized carbons (Fsp3) is 0.565. The second-order valence-electron chi connectivity index (χ2n) is 9.31. The molecule has 1 saturated heterocycles. The highest BCUT2D eigenvalue weighted by atomic mass is 32.2. The zero-order valence-electron chi connectivity index (χ0n) is 18.7. The van der Waals surface area contributed by atoms with E-state index in [9.17, 15) is 23.1 Å². The average molecular weight is 465 g/mol. The van der Waals surface area contributed by atoms with Crippen molar-refractivity contribution >= 4 is 21.8 Å². The molecule has 1 aromatic rings. The minimum absolute atomic E-state index is 0.0465. The summed E-state index contributed by atoms with van der Waals surface area (Å²) < 4.78 is 31.1. The molecule has 176 valence electrons. The Morgan fingerprint density at radius 1 is 1.25 bits per heavy atom. The highest BCUT2D eigenvalue weighted by Crippen LogP contribution is 2.50. The summed E-state index contributed by atoms with van der Waals surface area (Å²) in [4.78, 5) is 24.4. The number of carbonyl (C=O) groups excluding carboxylic acids is 2. The van der Waals surface area contributed by atoms with Gasteiger partial charge >= 0.3 is 6.03 Å². The summed E-state index contributed by atoms with van der Waals surface area (Å²) >= 11 is 0. The van der Waals surface area contributed by atoms with Crippen molar-refractivity contribution in [3.05, 3.63) is 42.0 Å². The maximum absolute atomic E-state index is 12.7. The van der Waals surface area contributed by atoms with Crippen LogP contribution in [0.2, 0.25) is 0 Å². The fourth-order valence-corrected chi connectivity index (χ4v) is 5.61. The molecule has 9 heteroatoms. The fourth-order valence-electron chi connectivity index (χ4n) is 3.68. The van der Waals surface area contributed by atoms with E-state index < -0.39 is 21.5 Å². The van der Waals surface area contributed by atoms with Crippen LogP contribution in [0.15, 0.2) is 36.4 Å². The van der Waals surface area contributed by atoms with Gasteiger partial charge in [0.05, 0.1) is 17.1 Å². The summed E-state index contributed by atoms with van der Waals surface area (Å²) in [5.41, 5.74) is -0.357. The largest absolute Gasteiger partial charge is 0.491 e. The number of sulfone groups is 1. The summed E-state index contributed by atoms with van der Waals surface area (Å²) in [6.45, 7) is 4.21. The van der Waals surface area contributed by atoms with E-state index in [1.165, 1.54) is 4.90 Å². The zero-order chi connectivity index (χ0) is 23.4. The Morgan fingerprint density at radius 3 is 2.66 bits per heavy atom. The maximum Gasteiger partial charge on any atom is 0.324 e. The molecule has 0 atom stereocenters. The highest BCUT2D eigenvalue weighted by Gasteiger charge is 2.47. The first kappa shape index (κ1) is 24.3. The minimum atomic E-state index is -3.27. The Balaban J connectivity index is 1.50. The molecule has 32 heavy (non-hydrogen) atoms. The molecule has 0 bridgehead atoms. The minimum Gasteiger partial charge on any atom is -0.491 e. The smallest absolute Gasteiger partial charge is 0.324 e. The van der Waals surface area contributed by atoms with Crippen molar-refractivity contribution in [2.45, 2.75) is 50.5 Å². The Hall–Kier alpha value is -2.39. The van der Waals surface area contributed by atoms with Gasteiger partial charge in [0.2, 0.25) is 5.91 Å². The van der Waals surface area contributed by atoms with Crippen LogP contribution in [0.3, 0.4) is 0 Å². The quantitative estimate of drug-likeness (QED) is 0.485. The van der Waals surface area contributed by atoms with E-state index >= 15 is 0 Å². The molecule has 0 radical (unpaired) electrons. The van der Waals surface area contributed by atoms with E-state index in [0.29, 0.717) is 25.3 Å². The molecule has 1 aromatic carbocycles. The topological polar surface area (TPSA) is 113 Å². The Morgan fingerprint density at radius 2 is 2.00 bits per heavy atom. The molecule has 3 rings (SSSR count). The van der Waals surface area contributed by atoms with Gasteiger partial charge in [0.1, 0.15) is 12.4 Å². The van der Waals surface area contributed by atoms with E-state index in [0.717, 1.165) is 18.4 Å². The molecule has 1 heterocycles. The molecule has 1 saturated carbocycles. The lowest BCUT2D eigenvalue weighted by Crippen LogP contribution is -2.49. The van der Waals surface area contributed by atoms with E-state index in [-0.39, 0.29) is 35.9 Å². The van der Waals surface area contributed by atoms with E-state index in [2.05, 4.69) is 5.32 Å². The summed E-state index contributed by atoms with van der Waals surface area (Å²) in [6.07, 6.45) is 5.83. The molecule has 0 spiro atoms. The second kappa shape index (κ2) is 9.62. The molecule has 1 aliphatic heterocycles. The second-order valence-corrected chi connectivity index (χ2v) is 11.5. The van der Waals surface area contributed by atoms with E-state index in [1.54, 1.807) is 26.0 Å². The number of nitrogens with one attached hydrogen (secondary N) is 1. The van der Waals surface area contributed by atoms with Crippen molar-refractivity contribution in [1.82, 2.24) is 10.2 Å². The summed E-state index contributed by atoms with van der Waals surface area (Å²) in [5.74, 6) is 0.494. The third-order valence-corrected chi connectivity index (χ3v) is 7.47. The maximum atomic E-state index is 12.7. The van der Waals surface area contributed by atoms with Crippen LogP contribution in [0.25, 0.3) is 0 Å². The van der Waals surface area contributed by atoms with Crippen LogP contribution in [0.4, 0.5) is 4.79 Å². The van der Waals surface area contributed by atoms with E-state index in [1.807, 2.05) is 24.3 Å². The number of imide groups is 1. The van der Waals surface area contributed by atoms with Crippen LogP contribution < -0.4 is 10.1 Å². The average Bonchev–Trinajstić information content (AvgIpc) is 3.47.